The second kappa shape index (κ2) is 5.00. The minimum atomic E-state index is -4.93. The maximum Gasteiger partial charge on any atom is 1.00 e. The molecule has 0 atom stereocenters. The van der Waals surface area contributed by atoms with Crippen LogP contribution >= 0.6 is 0 Å². The Morgan fingerprint density at radius 2 is 1.94 bits per heavy atom. The van der Waals surface area contributed by atoms with Gasteiger partial charge in [0.25, 0.3) is 0 Å². The van der Waals surface area contributed by atoms with Crippen molar-refractivity contribution in [3.8, 4) is 0 Å². The molecule has 10 heteroatoms. The molecule has 0 aliphatic rings. The fraction of sp³-hybridized carbons (Fsp3) is 0.167. The van der Waals surface area contributed by atoms with E-state index in [-0.39, 0.29) is 68.4 Å². The molecule has 80 valence electrons. The van der Waals surface area contributed by atoms with Crippen LogP contribution in [0, 0.1) is 0 Å². The molecule has 16 heavy (non-hydrogen) atoms. The average molecular weight is 255 g/mol. The van der Waals surface area contributed by atoms with Crippen molar-refractivity contribution in [3.63, 3.8) is 0 Å². The van der Waals surface area contributed by atoms with Gasteiger partial charge in [-0.05, 0) is 6.44 Å². The van der Waals surface area contributed by atoms with Gasteiger partial charge in [0, 0.05) is 0 Å². The van der Waals surface area contributed by atoms with Crippen LogP contribution in [0.2, 0.25) is 0 Å². The van der Waals surface area contributed by atoms with E-state index in [4.69, 9.17) is 5.73 Å². The topological polar surface area (TPSA) is 69.6 Å². The van der Waals surface area contributed by atoms with E-state index in [1.54, 1.807) is 0 Å². The van der Waals surface area contributed by atoms with Gasteiger partial charge in [-0.1, -0.05) is 0 Å². The Morgan fingerprint density at radius 1 is 1.25 bits per heavy atom. The zero-order valence-corrected chi connectivity index (χ0v) is 11.6. The molecule has 0 aliphatic heterocycles. The van der Waals surface area contributed by atoms with Gasteiger partial charge in [0.2, 0.25) is 0 Å². The van der Waals surface area contributed by atoms with Gasteiger partial charge in [-0.15, -0.1) is 0 Å². The van der Waals surface area contributed by atoms with E-state index in [1.807, 2.05) is 0 Å². The van der Waals surface area contributed by atoms with Crippen molar-refractivity contribution < 1.29 is 64.3 Å². The molecule has 2 N–H and O–H groups in total. The predicted octanol–water partition coefficient (Wildman–Crippen LogP) is -2.20. The van der Waals surface area contributed by atoms with Crippen molar-refractivity contribution in [2.24, 2.45) is 0 Å². The molecule has 0 amide bonds. The van der Waals surface area contributed by atoms with Crippen molar-refractivity contribution in [2.45, 2.75) is 6.44 Å². The molecule has 0 bridgehead atoms. The van der Waals surface area contributed by atoms with Gasteiger partial charge in [0.05, 0.1) is 6.33 Å². The second-order valence-electron chi connectivity index (χ2n) is 3.04. The van der Waals surface area contributed by atoms with Crippen molar-refractivity contribution in [1.82, 2.24) is 19.5 Å². The standard InChI is InChI=1S/C6H6BF3N5.K/c8-7(9,10)1-15-3-14-4-5(11)12-2-13-6(4)15;/h2-3H,1H2,(H2,11,12,13);/q-1;+1. The number of nitrogens with two attached hydrogens (primary N) is 1. The zero-order chi connectivity index (χ0) is 11.1. The first-order valence-electron chi connectivity index (χ1n) is 4.10. The fourth-order valence-electron chi connectivity index (χ4n) is 1.26. The average Bonchev–Trinajstić information content (AvgIpc) is 2.48. The summed E-state index contributed by atoms with van der Waals surface area (Å²) in [6, 6.07) is 0. The Hall–Kier alpha value is -0.159. The molecule has 2 heterocycles. The number of rotatable bonds is 2. The van der Waals surface area contributed by atoms with E-state index >= 15 is 0 Å². The maximum atomic E-state index is 12.2. The van der Waals surface area contributed by atoms with Crippen LogP contribution in [0.5, 0.6) is 0 Å². The zero-order valence-electron chi connectivity index (χ0n) is 8.44. The third-order valence-electron chi connectivity index (χ3n) is 1.83. The van der Waals surface area contributed by atoms with E-state index in [0.29, 0.717) is 0 Å². The van der Waals surface area contributed by atoms with Crippen molar-refractivity contribution in [2.75, 3.05) is 5.73 Å². The summed E-state index contributed by atoms with van der Waals surface area (Å²) in [5.41, 5.74) is 5.72. The van der Waals surface area contributed by atoms with Crippen molar-refractivity contribution in [3.05, 3.63) is 12.7 Å². The summed E-state index contributed by atoms with van der Waals surface area (Å²) >= 11 is 0. The molecule has 0 fully saturated rings. The normalized spacial score (nSPS) is 11.4. The van der Waals surface area contributed by atoms with Crippen LogP contribution in [0.3, 0.4) is 0 Å². The van der Waals surface area contributed by atoms with Gasteiger partial charge in [0.1, 0.15) is 11.8 Å². The van der Waals surface area contributed by atoms with Crippen LogP contribution in [0.1, 0.15) is 0 Å². The monoisotopic (exact) mass is 255 g/mol. The van der Waals surface area contributed by atoms with Gasteiger partial charge in [-0.3, -0.25) is 0 Å². The molecule has 0 spiro atoms. The first-order chi connectivity index (χ1) is 6.97. The number of nitrogens with zero attached hydrogens (tertiary/aromatic N) is 4. The maximum absolute atomic E-state index is 12.2. The van der Waals surface area contributed by atoms with E-state index in [1.165, 1.54) is 0 Å². The third-order valence-corrected chi connectivity index (χ3v) is 1.83. The Morgan fingerprint density at radius 3 is 2.56 bits per heavy atom. The van der Waals surface area contributed by atoms with Crippen LogP contribution in [-0.4, -0.2) is 26.5 Å². The quantitative estimate of drug-likeness (QED) is 0.618. The first-order valence-corrected chi connectivity index (χ1v) is 4.10. The van der Waals surface area contributed by atoms with Crippen molar-refractivity contribution in [1.29, 1.82) is 0 Å². The number of anilines is 1. The summed E-state index contributed by atoms with van der Waals surface area (Å²) < 4.78 is 37.5. The molecule has 0 aliphatic carbocycles. The van der Waals surface area contributed by atoms with Crippen LogP contribution in [-0.2, 0) is 6.44 Å². The largest absolute Gasteiger partial charge is 1.00 e. The number of hydrogen-bond acceptors (Lipinski definition) is 4. The van der Waals surface area contributed by atoms with Gasteiger partial charge in [0.15, 0.2) is 11.5 Å². The summed E-state index contributed by atoms with van der Waals surface area (Å²) in [5, 5.41) is 0. The first kappa shape index (κ1) is 13.9. The smallest absolute Gasteiger partial charge is 0.448 e. The second-order valence-corrected chi connectivity index (χ2v) is 3.04. The fourth-order valence-corrected chi connectivity index (χ4v) is 1.26. The minimum absolute atomic E-state index is 0. The third kappa shape index (κ3) is 2.94. The summed E-state index contributed by atoms with van der Waals surface area (Å²) in [6.45, 7) is -4.93. The molecular weight excluding hydrogens is 249 g/mol. The molecule has 5 nitrogen and oxygen atoms in total. The number of nitrogen functional groups attached to an aromatic ring is 1. The van der Waals surface area contributed by atoms with E-state index < -0.39 is 13.4 Å². The summed E-state index contributed by atoms with van der Waals surface area (Å²) in [4.78, 5) is 11.1. The van der Waals surface area contributed by atoms with Crippen LogP contribution in [0.25, 0.3) is 11.2 Å². The Bertz CT molecular complexity index is 498. The van der Waals surface area contributed by atoms with Crippen LogP contribution in [0.4, 0.5) is 18.8 Å². The van der Waals surface area contributed by atoms with Gasteiger partial charge >= 0.3 is 58.4 Å². The summed E-state index contributed by atoms with van der Waals surface area (Å²) in [5.74, 6) is 0.0772. The molecule has 2 aromatic rings. The molecule has 2 aromatic heterocycles. The Balaban J connectivity index is 0.00000128. The van der Waals surface area contributed by atoms with Gasteiger partial charge in [-0.25, -0.2) is 15.0 Å². The Labute approximate surface area is 131 Å². The number of fused-ring (bicyclic) bond motifs is 1. The van der Waals surface area contributed by atoms with Crippen molar-refractivity contribution >= 4 is 24.0 Å². The van der Waals surface area contributed by atoms with E-state index in [0.717, 1.165) is 17.2 Å². The number of aromatic nitrogens is 4. The molecular formula is C6H6BF3KN5. The number of halogens is 3. The predicted molar refractivity (Wildman–Crippen MR) is 48.8 cm³/mol. The molecule has 0 unspecified atom stereocenters. The minimum Gasteiger partial charge on any atom is -0.448 e. The Kier molecular flexibility index (Phi) is 4.35. The molecule has 2 rings (SSSR count). The van der Waals surface area contributed by atoms with Gasteiger partial charge < -0.3 is 23.2 Å². The number of imidazole rings is 1. The molecule has 0 saturated carbocycles. The SMILES string of the molecule is Nc1ncnc2c1ncn2C[B-](F)(F)F.[K+]. The van der Waals surface area contributed by atoms with Crippen LogP contribution < -0.4 is 57.1 Å². The number of hydrogen-bond donors (Lipinski definition) is 1. The molecule has 0 radical (unpaired) electrons. The summed E-state index contributed by atoms with van der Waals surface area (Å²) in [6.07, 6.45) is 1.09. The van der Waals surface area contributed by atoms with Gasteiger partial charge in [-0.2, -0.15) is 0 Å². The van der Waals surface area contributed by atoms with E-state index in [9.17, 15) is 12.9 Å². The molecule has 0 aromatic carbocycles. The summed E-state index contributed by atoms with van der Waals surface area (Å²) in [7, 11) is 0. The van der Waals surface area contributed by atoms with Crippen LogP contribution in [0.15, 0.2) is 12.7 Å². The van der Waals surface area contributed by atoms with E-state index in [2.05, 4.69) is 15.0 Å². The molecule has 0 saturated heterocycles.